The first kappa shape index (κ1) is 21.7. The number of nitriles is 1. The van der Waals surface area contributed by atoms with Crippen LogP contribution >= 0.6 is 34.8 Å². The Hall–Kier alpha value is -2.97. The van der Waals surface area contributed by atoms with Crippen molar-refractivity contribution in [1.82, 2.24) is 0 Å². The third kappa shape index (κ3) is 5.14. The Morgan fingerprint density at radius 3 is 2.23 bits per heavy atom. The molecule has 0 atom stereocenters. The van der Waals surface area contributed by atoms with Crippen LogP contribution in [0.2, 0.25) is 15.1 Å². The maximum absolute atomic E-state index is 12.4. The van der Waals surface area contributed by atoms with E-state index < -0.39 is 5.97 Å². The SMILES string of the molecule is COc1cc(/C=C(\C#N)c2ccc(Cl)cc2)ccc1OC(=O)c1ccc(Cl)c(Cl)c1. The molecule has 30 heavy (non-hydrogen) atoms. The molecule has 150 valence electrons. The largest absolute Gasteiger partial charge is 0.493 e. The monoisotopic (exact) mass is 457 g/mol. The fourth-order valence-electron chi connectivity index (χ4n) is 2.62. The number of carbonyl (C=O) groups excluding carboxylic acids is 1. The van der Waals surface area contributed by atoms with E-state index in [9.17, 15) is 10.1 Å². The predicted octanol–water partition coefficient (Wildman–Crippen LogP) is 6.94. The van der Waals surface area contributed by atoms with Crippen molar-refractivity contribution in [3.8, 4) is 17.6 Å². The van der Waals surface area contributed by atoms with Gasteiger partial charge in [0, 0.05) is 5.02 Å². The third-order valence-corrected chi connectivity index (χ3v) is 5.12. The highest BCUT2D eigenvalue weighted by Crippen LogP contribution is 2.31. The van der Waals surface area contributed by atoms with E-state index in [1.807, 2.05) is 0 Å². The molecule has 0 aliphatic rings. The number of hydrogen-bond acceptors (Lipinski definition) is 4. The molecular formula is C23H14Cl3NO3. The van der Waals surface area contributed by atoms with Gasteiger partial charge in [-0.05, 0) is 59.7 Å². The van der Waals surface area contributed by atoms with Gasteiger partial charge in [0.1, 0.15) is 0 Å². The lowest BCUT2D eigenvalue weighted by Gasteiger charge is -2.11. The second-order valence-electron chi connectivity index (χ2n) is 6.11. The van der Waals surface area contributed by atoms with Crippen LogP contribution in [-0.4, -0.2) is 13.1 Å². The van der Waals surface area contributed by atoms with Gasteiger partial charge in [0.15, 0.2) is 11.5 Å². The topological polar surface area (TPSA) is 59.3 Å². The van der Waals surface area contributed by atoms with E-state index in [-0.39, 0.29) is 16.3 Å². The minimum atomic E-state index is -0.603. The Morgan fingerprint density at radius 2 is 1.60 bits per heavy atom. The molecule has 0 fully saturated rings. The normalized spacial score (nSPS) is 11.0. The van der Waals surface area contributed by atoms with Crippen molar-refractivity contribution in [2.45, 2.75) is 0 Å². The molecule has 0 radical (unpaired) electrons. The van der Waals surface area contributed by atoms with Crippen molar-refractivity contribution in [2.24, 2.45) is 0 Å². The van der Waals surface area contributed by atoms with E-state index in [1.165, 1.54) is 25.3 Å². The highest BCUT2D eigenvalue weighted by molar-refractivity contribution is 6.42. The Kier molecular flexibility index (Phi) is 7.02. The van der Waals surface area contributed by atoms with Gasteiger partial charge in [-0.1, -0.05) is 53.0 Å². The van der Waals surface area contributed by atoms with Crippen LogP contribution in [0.5, 0.6) is 11.5 Å². The number of nitrogens with zero attached hydrogens (tertiary/aromatic N) is 1. The second kappa shape index (κ2) is 9.69. The van der Waals surface area contributed by atoms with E-state index in [2.05, 4.69) is 6.07 Å². The molecule has 0 heterocycles. The van der Waals surface area contributed by atoms with Gasteiger partial charge in [0.25, 0.3) is 0 Å². The zero-order valence-corrected chi connectivity index (χ0v) is 17.9. The lowest BCUT2D eigenvalue weighted by atomic mass is 10.0. The lowest BCUT2D eigenvalue weighted by molar-refractivity contribution is 0.0729. The number of ether oxygens (including phenoxy) is 2. The summed E-state index contributed by atoms with van der Waals surface area (Å²) in [7, 11) is 1.46. The van der Waals surface area contributed by atoms with Gasteiger partial charge in [-0.15, -0.1) is 0 Å². The fourth-order valence-corrected chi connectivity index (χ4v) is 3.04. The third-order valence-electron chi connectivity index (χ3n) is 4.13. The van der Waals surface area contributed by atoms with Crippen LogP contribution in [0.15, 0.2) is 60.7 Å². The Labute approximate surface area is 188 Å². The second-order valence-corrected chi connectivity index (χ2v) is 7.36. The van der Waals surface area contributed by atoms with Crippen LogP contribution in [-0.2, 0) is 0 Å². The zero-order chi connectivity index (χ0) is 21.7. The van der Waals surface area contributed by atoms with Gasteiger partial charge < -0.3 is 9.47 Å². The number of hydrogen-bond donors (Lipinski definition) is 0. The molecule has 0 aliphatic heterocycles. The van der Waals surface area contributed by atoms with Gasteiger partial charge in [-0.2, -0.15) is 5.26 Å². The van der Waals surface area contributed by atoms with E-state index >= 15 is 0 Å². The van der Waals surface area contributed by atoms with Crippen LogP contribution in [0, 0.1) is 11.3 Å². The van der Waals surface area contributed by atoms with Gasteiger partial charge in [-0.25, -0.2) is 4.79 Å². The quantitative estimate of drug-likeness (QED) is 0.180. The molecule has 0 bridgehead atoms. The predicted molar refractivity (Wildman–Crippen MR) is 119 cm³/mol. The Bertz CT molecular complexity index is 1170. The van der Waals surface area contributed by atoms with Gasteiger partial charge in [-0.3, -0.25) is 0 Å². The standard InChI is InChI=1S/C23H14Cl3NO3/c1-29-22-11-14(10-17(13-27)15-3-6-18(24)7-4-15)2-9-21(22)30-23(28)16-5-8-19(25)20(26)12-16/h2-12H,1H3/b17-10+. The first-order valence-corrected chi connectivity index (χ1v) is 9.77. The number of rotatable bonds is 5. The van der Waals surface area contributed by atoms with Crippen molar-refractivity contribution in [3.05, 3.63) is 92.4 Å². The summed E-state index contributed by atoms with van der Waals surface area (Å²) in [4.78, 5) is 12.4. The number of allylic oxidation sites excluding steroid dienone is 1. The van der Waals surface area contributed by atoms with E-state index in [4.69, 9.17) is 44.3 Å². The molecule has 0 N–H and O–H groups in total. The summed E-state index contributed by atoms with van der Waals surface area (Å²) in [5.74, 6) is -0.0321. The smallest absolute Gasteiger partial charge is 0.343 e. The summed E-state index contributed by atoms with van der Waals surface area (Å²) < 4.78 is 10.8. The van der Waals surface area contributed by atoms with Crippen LogP contribution in [0.3, 0.4) is 0 Å². The van der Waals surface area contributed by atoms with Crippen molar-refractivity contribution < 1.29 is 14.3 Å². The molecule has 0 saturated heterocycles. The zero-order valence-electron chi connectivity index (χ0n) is 15.7. The van der Waals surface area contributed by atoms with E-state index in [0.29, 0.717) is 26.9 Å². The molecule has 0 aromatic heterocycles. The molecule has 7 heteroatoms. The summed E-state index contributed by atoms with van der Waals surface area (Å²) >= 11 is 17.7. The highest BCUT2D eigenvalue weighted by atomic mass is 35.5. The highest BCUT2D eigenvalue weighted by Gasteiger charge is 2.14. The lowest BCUT2D eigenvalue weighted by Crippen LogP contribution is -2.09. The minimum Gasteiger partial charge on any atom is -0.493 e. The number of halogens is 3. The fraction of sp³-hybridized carbons (Fsp3) is 0.0435. The molecule has 0 amide bonds. The summed E-state index contributed by atoms with van der Waals surface area (Å²) in [6.07, 6.45) is 1.70. The average molecular weight is 459 g/mol. The average Bonchev–Trinajstić information content (AvgIpc) is 2.75. The number of methoxy groups -OCH3 is 1. The summed E-state index contributed by atoms with van der Waals surface area (Å²) in [6, 6.07) is 18.6. The number of carbonyl (C=O) groups is 1. The molecule has 0 spiro atoms. The van der Waals surface area contributed by atoms with Crippen LogP contribution in [0.4, 0.5) is 0 Å². The minimum absolute atomic E-state index is 0.232. The molecule has 0 aliphatic carbocycles. The first-order valence-electron chi connectivity index (χ1n) is 8.64. The van der Waals surface area contributed by atoms with E-state index in [1.54, 1.807) is 48.5 Å². The van der Waals surface area contributed by atoms with Crippen LogP contribution in [0.25, 0.3) is 11.6 Å². The maximum atomic E-state index is 12.4. The number of esters is 1. The Balaban J connectivity index is 1.87. The summed E-state index contributed by atoms with van der Waals surface area (Å²) in [5, 5.41) is 10.7. The van der Waals surface area contributed by atoms with Crippen molar-refractivity contribution >= 4 is 52.4 Å². The van der Waals surface area contributed by atoms with Crippen molar-refractivity contribution in [3.63, 3.8) is 0 Å². The van der Waals surface area contributed by atoms with Gasteiger partial charge >= 0.3 is 5.97 Å². The number of benzene rings is 3. The summed E-state index contributed by atoms with van der Waals surface area (Å²) in [5.41, 5.74) is 2.14. The molecule has 3 rings (SSSR count). The van der Waals surface area contributed by atoms with E-state index in [0.717, 1.165) is 5.56 Å². The summed E-state index contributed by atoms with van der Waals surface area (Å²) in [6.45, 7) is 0. The van der Waals surface area contributed by atoms with Crippen molar-refractivity contribution in [1.29, 1.82) is 5.26 Å². The molecular weight excluding hydrogens is 445 g/mol. The molecule has 0 unspecified atom stereocenters. The van der Waals surface area contributed by atoms with Gasteiger partial charge in [0.2, 0.25) is 0 Å². The molecule has 3 aromatic carbocycles. The first-order chi connectivity index (χ1) is 14.4. The maximum Gasteiger partial charge on any atom is 0.343 e. The van der Waals surface area contributed by atoms with Crippen LogP contribution in [0.1, 0.15) is 21.5 Å². The van der Waals surface area contributed by atoms with Crippen LogP contribution < -0.4 is 9.47 Å². The van der Waals surface area contributed by atoms with Gasteiger partial charge in [0.05, 0.1) is 34.4 Å². The molecule has 3 aromatic rings. The van der Waals surface area contributed by atoms with Crippen molar-refractivity contribution in [2.75, 3.05) is 7.11 Å². The molecule has 4 nitrogen and oxygen atoms in total. The molecule has 0 saturated carbocycles. The Morgan fingerprint density at radius 1 is 0.900 bits per heavy atom.